The molecule has 156 valence electrons. The van der Waals surface area contributed by atoms with Crippen LogP contribution in [0.1, 0.15) is 23.6 Å². The van der Waals surface area contributed by atoms with E-state index < -0.39 is 0 Å². The van der Waals surface area contributed by atoms with Gasteiger partial charge in [-0.25, -0.2) is 9.38 Å². The molecule has 3 aromatic rings. The highest BCUT2D eigenvalue weighted by molar-refractivity contribution is 5.83. The quantitative estimate of drug-likeness (QED) is 0.290. The molecule has 0 aliphatic carbocycles. The molecule has 2 heterocycles. The van der Waals surface area contributed by atoms with E-state index in [-0.39, 0.29) is 5.82 Å². The lowest BCUT2D eigenvalue weighted by atomic mass is 10.1. The molecule has 0 spiro atoms. The number of ether oxygens (including phenoxy) is 1. The third kappa shape index (κ3) is 5.54. The van der Waals surface area contributed by atoms with E-state index in [1.165, 1.54) is 12.1 Å². The Morgan fingerprint density at radius 3 is 2.86 bits per heavy atom. The van der Waals surface area contributed by atoms with E-state index in [9.17, 15) is 4.39 Å². The SMILES string of the molecule is COCCCNC(=NCc1nnc(C)n1C)NCCc1c[nH]c2cc(F)ccc12. The second kappa shape index (κ2) is 10.0. The molecule has 2 aromatic heterocycles. The Morgan fingerprint density at radius 2 is 2.10 bits per heavy atom. The number of methoxy groups -OCH3 is 1. The summed E-state index contributed by atoms with van der Waals surface area (Å²) in [6, 6.07) is 4.81. The second-order valence-electron chi connectivity index (χ2n) is 6.84. The number of fused-ring (bicyclic) bond motifs is 1. The third-order valence-electron chi connectivity index (χ3n) is 4.80. The first kappa shape index (κ1) is 20.8. The first-order valence-electron chi connectivity index (χ1n) is 9.70. The maximum absolute atomic E-state index is 13.4. The van der Waals surface area contributed by atoms with E-state index >= 15 is 0 Å². The fourth-order valence-corrected chi connectivity index (χ4v) is 3.02. The average Bonchev–Trinajstić information content (AvgIpc) is 3.26. The molecule has 29 heavy (non-hydrogen) atoms. The number of halogens is 1. The Kier molecular flexibility index (Phi) is 7.18. The van der Waals surface area contributed by atoms with Crippen molar-refractivity contribution in [2.24, 2.45) is 12.0 Å². The first-order valence-corrected chi connectivity index (χ1v) is 9.70. The number of rotatable bonds is 9. The van der Waals surface area contributed by atoms with E-state index in [2.05, 4.69) is 30.8 Å². The van der Waals surface area contributed by atoms with Crippen LogP contribution in [0.2, 0.25) is 0 Å². The molecule has 0 saturated carbocycles. The molecule has 0 bridgehead atoms. The van der Waals surface area contributed by atoms with Gasteiger partial charge in [-0.2, -0.15) is 0 Å². The average molecular weight is 401 g/mol. The molecule has 1 aromatic carbocycles. The fourth-order valence-electron chi connectivity index (χ4n) is 3.02. The summed E-state index contributed by atoms with van der Waals surface area (Å²) >= 11 is 0. The van der Waals surface area contributed by atoms with Gasteiger partial charge in [0.1, 0.15) is 18.2 Å². The van der Waals surface area contributed by atoms with Crippen LogP contribution in [0.4, 0.5) is 4.39 Å². The van der Waals surface area contributed by atoms with E-state index in [1.807, 2.05) is 30.8 Å². The Morgan fingerprint density at radius 1 is 1.28 bits per heavy atom. The number of aryl methyl sites for hydroxylation is 1. The topological polar surface area (TPSA) is 92.2 Å². The zero-order chi connectivity index (χ0) is 20.6. The molecule has 3 N–H and O–H groups in total. The van der Waals surface area contributed by atoms with Crippen molar-refractivity contribution in [3.8, 4) is 0 Å². The Balaban J connectivity index is 1.60. The van der Waals surface area contributed by atoms with Crippen LogP contribution in [0.15, 0.2) is 29.4 Å². The van der Waals surface area contributed by atoms with Gasteiger partial charge in [0.25, 0.3) is 0 Å². The number of aromatic nitrogens is 4. The summed E-state index contributed by atoms with van der Waals surface area (Å²) in [5.74, 6) is 2.14. The van der Waals surface area contributed by atoms with Crippen LogP contribution in [0.5, 0.6) is 0 Å². The molecule has 8 nitrogen and oxygen atoms in total. The fraction of sp³-hybridized carbons (Fsp3) is 0.450. The van der Waals surface area contributed by atoms with Crippen molar-refractivity contribution < 1.29 is 9.13 Å². The lowest BCUT2D eigenvalue weighted by molar-refractivity contribution is 0.195. The van der Waals surface area contributed by atoms with Gasteiger partial charge in [0.05, 0.1) is 0 Å². The van der Waals surface area contributed by atoms with Gasteiger partial charge >= 0.3 is 0 Å². The predicted octanol–water partition coefficient (Wildman–Crippen LogP) is 2.06. The number of aromatic amines is 1. The Labute approximate surface area is 169 Å². The molecule has 0 atom stereocenters. The number of aliphatic imine (C=N–C) groups is 1. The van der Waals surface area contributed by atoms with Gasteiger partial charge in [-0.15, -0.1) is 10.2 Å². The van der Waals surface area contributed by atoms with Crippen LogP contribution in [0.3, 0.4) is 0 Å². The summed E-state index contributed by atoms with van der Waals surface area (Å²) in [5.41, 5.74) is 1.94. The molecule has 0 aliphatic heterocycles. The molecule has 3 rings (SSSR count). The summed E-state index contributed by atoms with van der Waals surface area (Å²) in [5, 5.41) is 15.9. The molecule has 0 saturated heterocycles. The first-order chi connectivity index (χ1) is 14.1. The summed E-state index contributed by atoms with van der Waals surface area (Å²) in [7, 11) is 3.62. The van der Waals surface area contributed by atoms with Crippen molar-refractivity contribution >= 4 is 16.9 Å². The summed E-state index contributed by atoms with van der Waals surface area (Å²) in [6.07, 6.45) is 3.60. The number of nitrogens with one attached hydrogen (secondary N) is 3. The van der Waals surface area contributed by atoms with E-state index in [0.717, 1.165) is 47.5 Å². The number of guanidine groups is 1. The highest BCUT2D eigenvalue weighted by Crippen LogP contribution is 2.19. The predicted molar refractivity (Wildman–Crippen MR) is 111 cm³/mol. The monoisotopic (exact) mass is 401 g/mol. The highest BCUT2D eigenvalue weighted by Gasteiger charge is 2.07. The Hall–Kier alpha value is -2.94. The minimum absolute atomic E-state index is 0.238. The van der Waals surface area contributed by atoms with Crippen LogP contribution in [-0.2, 0) is 24.8 Å². The normalized spacial score (nSPS) is 11.9. The molecule has 0 unspecified atom stereocenters. The highest BCUT2D eigenvalue weighted by atomic mass is 19.1. The van der Waals surface area contributed by atoms with E-state index in [4.69, 9.17) is 4.74 Å². The smallest absolute Gasteiger partial charge is 0.191 e. The van der Waals surface area contributed by atoms with Gasteiger partial charge in [0.2, 0.25) is 0 Å². The van der Waals surface area contributed by atoms with Gasteiger partial charge in [-0.3, -0.25) is 0 Å². The number of nitrogens with zero attached hydrogens (tertiary/aromatic N) is 4. The maximum atomic E-state index is 13.4. The minimum Gasteiger partial charge on any atom is -0.385 e. The van der Waals surface area contributed by atoms with Gasteiger partial charge in [0.15, 0.2) is 11.8 Å². The number of benzene rings is 1. The zero-order valence-electron chi connectivity index (χ0n) is 17.1. The van der Waals surface area contributed by atoms with Crippen LogP contribution >= 0.6 is 0 Å². The van der Waals surface area contributed by atoms with Crippen molar-refractivity contribution in [1.29, 1.82) is 0 Å². The Bertz CT molecular complexity index is 963. The van der Waals surface area contributed by atoms with Crippen molar-refractivity contribution in [1.82, 2.24) is 30.4 Å². The molecule has 0 radical (unpaired) electrons. The van der Waals surface area contributed by atoms with Crippen molar-refractivity contribution in [3.05, 3.63) is 47.4 Å². The number of H-pyrrole nitrogens is 1. The minimum atomic E-state index is -0.238. The standard InChI is InChI=1S/C20H28FN7O/c1-14-26-27-19(28(14)2)13-25-20(22-8-4-10-29-3)23-9-7-15-12-24-18-11-16(21)5-6-17(15)18/h5-6,11-12,24H,4,7-10,13H2,1-3H3,(H2,22,23,25). The number of hydrogen-bond acceptors (Lipinski definition) is 4. The van der Waals surface area contributed by atoms with Crippen molar-refractivity contribution in [2.45, 2.75) is 26.3 Å². The molecule has 0 aliphatic rings. The number of hydrogen-bond donors (Lipinski definition) is 3. The zero-order valence-corrected chi connectivity index (χ0v) is 17.1. The molecule has 9 heteroatoms. The summed E-state index contributed by atoms with van der Waals surface area (Å²) in [4.78, 5) is 7.76. The lowest BCUT2D eigenvalue weighted by Crippen LogP contribution is -2.39. The van der Waals surface area contributed by atoms with Crippen LogP contribution < -0.4 is 10.6 Å². The largest absolute Gasteiger partial charge is 0.385 e. The molecular formula is C20H28FN7O. The van der Waals surface area contributed by atoms with Crippen molar-refractivity contribution in [3.63, 3.8) is 0 Å². The van der Waals surface area contributed by atoms with E-state index in [0.29, 0.717) is 25.7 Å². The second-order valence-corrected chi connectivity index (χ2v) is 6.84. The maximum Gasteiger partial charge on any atom is 0.191 e. The third-order valence-corrected chi connectivity index (χ3v) is 4.80. The van der Waals surface area contributed by atoms with Crippen molar-refractivity contribution in [2.75, 3.05) is 26.8 Å². The van der Waals surface area contributed by atoms with Crippen LogP contribution in [0.25, 0.3) is 10.9 Å². The molecular weight excluding hydrogens is 373 g/mol. The van der Waals surface area contributed by atoms with Gasteiger partial charge in [-0.1, -0.05) is 0 Å². The van der Waals surface area contributed by atoms with Gasteiger partial charge in [0, 0.05) is 51.0 Å². The summed E-state index contributed by atoms with van der Waals surface area (Å²) < 4.78 is 20.4. The molecule has 0 fully saturated rings. The van der Waals surface area contributed by atoms with Gasteiger partial charge < -0.3 is 24.9 Å². The summed E-state index contributed by atoms with van der Waals surface area (Å²) in [6.45, 7) is 4.48. The lowest BCUT2D eigenvalue weighted by Gasteiger charge is -2.12. The van der Waals surface area contributed by atoms with Crippen LogP contribution in [-0.4, -0.2) is 52.5 Å². The van der Waals surface area contributed by atoms with Crippen LogP contribution in [0, 0.1) is 12.7 Å². The van der Waals surface area contributed by atoms with Gasteiger partial charge in [-0.05, 0) is 43.5 Å². The van der Waals surface area contributed by atoms with E-state index in [1.54, 1.807) is 7.11 Å². The molecule has 0 amide bonds.